The minimum Gasteiger partial charge on any atom is -0.475 e. The van der Waals surface area contributed by atoms with Gasteiger partial charge in [-0.15, -0.1) is 0 Å². The van der Waals surface area contributed by atoms with Crippen molar-refractivity contribution in [1.29, 1.82) is 5.41 Å². The summed E-state index contributed by atoms with van der Waals surface area (Å²) in [6.45, 7) is 3.22. The van der Waals surface area contributed by atoms with Crippen molar-refractivity contribution in [2.75, 3.05) is 13.1 Å². The molecule has 3 aliphatic heterocycles. The maximum absolute atomic E-state index is 12.4. The fourth-order valence-corrected chi connectivity index (χ4v) is 4.38. The molecule has 0 amide bonds. The first kappa shape index (κ1) is 20.4. The highest BCUT2D eigenvalue weighted by Crippen LogP contribution is 2.33. The summed E-state index contributed by atoms with van der Waals surface area (Å²) in [6.07, 6.45) is 5.06. The quantitative estimate of drug-likeness (QED) is 0.674. The molecule has 1 saturated heterocycles. The van der Waals surface area contributed by atoms with Gasteiger partial charge in [0.05, 0.1) is 11.6 Å². The lowest BCUT2D eigenvalue weighted by Crippen LogP contribution is -2.53. The number of amidine groups is 1. The Balaban J connectivity index is 1.40. The molecule has 8 heteroatoms. The van der Waals surface area contributed by atoms with Crippen LogP contribution in [0, 0.1) is 5.41 Å². The van der Waals surface area contributed by atoms with Crippen molar-refractivity contribution in [1.82, 2.24) is 20.6 Å². The van der Waals surface area contributed by atoms with Crippen LogP contribution >= 0.6 is 0 Å². The van der Waals surface area contributed by atoms with E-state index in [2.05, 4.69) is 20.7 Å². The second-order valence-electron chi connectivity index (χ2n) is 8.24. The Hall–Kier alpha value is -3.52. The van der Waals surface area contributed by atoms with Crippen LogP contribution in [0.4, 0.5) is 0 Å². The van der Waals surface area contributed by atoms with Crippen molar-refractivity contribution in [2.45, 2.75) is 38.0 Å². The van der Waals surface area contributed by atoms with Crippen LogP contribution in [0.3, 0.4) is 0 Å². The number of nitrogens with zero attached hydrogens (tertiary/aromatic N) is 3. The molecule has 4 heterocycles. The van der Waals surface area contributed by atoms with Crippen molar-refractivity contribution in [3.63, 3.8) is 0 Å². The predicted molar refractivity (Wildman–Crippen MR) is 122 cm³/mol. The molecule has 1 aromatic carbocycles. The van der Waals surface area contributed by atoms with Gasteiger partial charge in [0.25, 0.3) is 0 Å². The van der Waals surface area contributed by atoms with Crippen LogP contribution in [0.15, 0.2) is 65.2 Å². The van der Waals surface area contributed by atoms with E-state index in [1.807, 2.05) is 48.7 Å². The summed E-state index contributed by atoms with van der Waals surface area (Å²) >= 11 is 0. The number of fused-ring (bicyclic) bond motifs is 1. The second-order valence-corrected chi connectivity index (χ2v) is 8.24. The van der Waals surface area contributed by atoms with Crippen molar-refractivity contribution < 1.29 is 9.53 Å². The average molecular weight is 431 g/mol. The van der Waals surface area contributed by atoms with Gasteiger partial charge in [-0.25, -0.2) is 5.01 Å². The molecular formula is C24H26N6O2. The maximum atomic E-state index is 12.4. The third kappa shape index (κ3) is 3.78. The Morgan fingerprint density at radius 2 is 1.94 bits per heavy atom. The number of hydrogen-bond acceptors (Lipinski definition) is 7. The molecule has 1 fully saturated rings. The number of piperidine rings is 1. The Labute approximate surface area is 186 Å². The van der Waals surface area contributed by atoms with Gasteiger partial charge in [0.1, 0.15) is 17.8 Å². The molecule has 0 saturated carbocycles. The van der Waals surface area contributed by atoms with E-state index in [0.717, 1.165) is 42.8 Å². The average Bonchev–Trinajstić information content (AvgIpc) is 3.24. The number of Topliss-reactive ketones (excluding diaryl/α,β-unsaturated/α-hetero) is 1. The van der Waals surface area contributed by atoms with E-state index in [4.69, 9.17) is 10.1 Å². The third-order valence-corrected chi connectivity index (χ3v) is 6.09. The van der Waals surface area contributed by atoms with Crippen LogP contribution in [-0.2, 0) is 9.53 Å². The number of pyridine rings is 1. The van der Waals surface area contributed by atoms with E-state index >= 15 is 0 Å². The summed E-state index contributed by atoms with van der Waals surface area (Å²) < 4.78 is 6.21. The van der Waals surface area contributed by atoms with E-state index in [1.165, 1.54) is 6.92 Å². The molecule has 1 aromatic heterocycles. The van der Waals surface area contributed by atoms with Crippen molar-refractivity contribution >= 4 is 17.8 Å². The summed E-state index contributed by atoms with van der Waals surface area (Å²) in [7, 11) is 0. The summed E-state index contributed by atoms with van der Waals surface area (Å²) in [5.41, 5.74) is 3.19. The van der Waals surface area contributed by atoms with Crippen LogP contribution in [0.2, 0.25) is 0 Å². The predicted octanol–water partition coefficient (Wildman–Crippen LogP) is 2.61. The zero-order valence-electron chi connectivity index (χ0n) is 17.9. The summed E-state index contributed by atoms with van der Waals surface area (Å²) in [6, 6.07) is 14.1. The van der Waals surface area contributed by atoms with Crippen LogP contribution in [0.25, 0.3) is 11.3 Å². The Bertz CT molecular complexity index is 1070. The summed E-state index contributed by atoms with van der Waals surface area (Å²) in [4.78, 5) is 17.0. The smallest absolute Gasteiger partial charge is 0.203 e. The van der Waals surface area contributed by atoms with Gasteiger partial charge < -0.3 is 15.4 Å². The SMILES string of the molecule is CC(=O)C1=C(OC2CCNCC2)NC2C(c3ccc(-c4ccccc4)nc3)C=NN2C1=N. The van der Waals surface area contributed by atoms with E-state index < -0.39 is 0 Å². The minimum atomic E-state index is -0.341. The standard InChI is InChI=1S/C24H26N6O2/c1-15(31)21-22(25)30-23(29-24(21)32-18-9-11-26-12-10-18)19(14-28-30)17-7-8-20(27-13-17)16-5-3-2-4-6-16/h2-8,13-14,18-19,23,25-26,29H,9-12H2,1H3. The molecule has 0 spiro atoms. The van der Waals surface area contributed by atoms with Crippen molar-refractivity contribution in [3.8, 4) is 11.3 Å². The number of aromatic nitrogens is 1. The zero-order valence-corrected chi connectivity index (χ0v) is 17.9. The number of hydrazone groups is 1. The van der Waals surface area contributed by atoms with E-state index in [-0.39, 0.29) is 35.4 Å². The number of ether oxygens (including phenoxy) is 1. The van der Waals surface area contributed by atoms with E-state index in [0.29, 0.717) is 5.88 Å². The molecule has 8 nitrogen and oxygen atoms in total. The zero-order chi connectivity index (χ0) is 22.1. The summed E-state index contributed by atoms with van der Waals surface area (Å²) in [5.74, 6) is 0.114. The highest BCUT2D eigenvalue weighted by molar-refractivity contribution is 6.20. The second kappa shape index (κ2) is 8.55. The fraction of sp³-hybridized carbons (Fsp3) is 0.333. The van der Waals surface area contributed by atoms with Crippen LogP contribution < -0.4 is 10.6 Å². The molecule has 164 valence electrons. The van der Waals surface area contributed by atoms with Crippen LogP contribution in [-0.4, -0.2) is 53.2 Å². The molecule has 0 bridgehead atoms. The van der Waals surface area contributed by atoms with Crippen LogP contribution in [0.5, 0.6) is 0 Å². The van der Waals surface area contributed by atoms with Crippen molar-refractivity contribution in [3.05, 3.63) is 65.7 Å². The lowest BCUT2D eigenvalue weighted by molar-refractivity contribution is -0.113. The maximum Gasteiger partial charge on any atom is 0.203 e. The number of nitrogens with one attached hydrogen (secondary N) is 3. The fourth-order valence-electron chi connectivity index (χ4n) is 4.38. The number of carbonyl (C=O) groups is 1. The van der Waals surface area contributed by atoms with Gasteiger partial charge >= 0.3 is 0 Å². The van der Waals surface area contributed by atoms with Gasteiger partial charge in [0.15, 0.2) is 11.6 Å². The molecule has 3 aliphatic rings. The topological polar surface area (TPSA) is 103 Å². The third-order valence-electron chi connectivity index (χ3n) is 6.09. The molecule has 2 aromatic rings. The van der Waals surface area contributed by atoms with Crippen molar-refractivity contribution in [2.24, 2.45) is 5.10 Å². The Kier molecular flexibility index (Phi) is 5.45. The number of ketones is 1. The monoisotopic (exact) mass is 430 g/mol. The van der Waals surface area contributed by atoms with Gasteiger partial charge in [0, 0.05) is 18.0 Å². The van der Waals surface area contributed by atoms with Gasteiger partial charge in [-0.2, -0.15) is 5.10 Å². The van der Waals surface area contributed by atoms with Gasteiger partial charge in [0.2, 0.25) is 5.88 Å². The normalized spacial score (nSPS) is 23.2. The van der Waals surface area contributed by atoms with Gasteiger partial charge in [-0.05, 0) is 44.5 Å². The Morgan fingerprint density at radius 1 is 1.16 bits per heavy atom. The number of carbonyl (C=O) groups excluding carboxylic acids is 1. The lowest BCUT2D eigenvalue weighted by atomic mass is 9.96. The molecule has 2 unspecified atom stereocenters. The van der Waals surface area contributed by atoms with Gasteiger partial charge in [-0.1, -0.05) is 36.4 Å². The largest absolute Gasteiger partial charge is 0.475 e. The minimum absolute atomic E-state index is 0.0139. The first-order chi connectivity index (χ1) is 15.6. The highest BCUT2D eigenvalue weighted by Gasteiger charge is 2.42. The number of hydrogen-bond donors (Lipinski definition) is 3. The molecule has 32 heavy (non-hydrogen) atoms. The molecular weight excluding hydrogens is 404 g/mol. The lowest BCUT2D eigenvalue weighted by Gasteiger charge is -2.37. The number of rotatable bonds is 5. The molecule has 2 atom stereocenters. The molecule has 3 N–H and O–H groups in total. The van der Waals surface area contributed by atoms with E-state index in [9.17, 15) is 4.79 Å². The highest BCUT2D eigenvalue weighted by atomic mass is 16.5. The number of benzene rings is 1. The van der Waals surface area contributed by atoms with Gasteiger partial charge in [-0.3, -0.25) is 15.2 Å². The first-order valence-electron chi connectivity index (χ1n) is 10.9. The van der Waals surface area contributed by atoms with E-state index in [1.54, 1.807) is 11.2 Å². The first-order valence-corrected chi connectivity index (χ1v) is 10.9. The molecule has 0 aliphatic carbocycles. The summed E-state index contributed by atoms with van der Waals surface area (Å²) in [5, 5.41) is 21.3. The van der Waals surface area contributed by atoms with Crippen LogP contribution in [0.1, 0.15) is 31.2 Å². The molecule has 0 radical (unpaired) electrons. The Morgan fingerprint density at radius 3 is 2.62 bits per heavy atom. The molecule has 5 rings (SSSR count).